The summed E-state index contributed by atoms with van der Waals surface area (Å²) < 4.78 is 0. The molecule has 0 aromatic heterocycles. The van der Waals surface area contributed by atoms with Crippen molar-refractivity contribution in [1.29, 1.82) is 5.26 Å². The molecule has 3 N–H and O–H groups in total. The van der Waals surface area contributed by atoms with Gasteiger partial charge in [-0.25, -0.2) is 0 Å². The smallest absolute Gasteiger partial charge is 0.255 e. The van der Waals surface area contributed by atoms with Gasteiger partial charge >= 0.3 is 0 Å². The summed E-state index contributed by atoms with van der Waals surface area (Å²) in [6, 6.07) is 13.8. The van der Waals surface area contributed by atoms with E-state index in [0.717, 1.165) is 5.56 Å². The topological polar surface area (TPSA) is 78.9 Å². The highest BCUT2D eigenvalue weighted by Gasteiger charge is 2.08. The Morgan fingerprint density at radius 2 is 1.95 bits per heavy atom. The van der Waals surface area contributed by atoms with Crippen LogP contribution in [-0.2, 0) is 6.42 Å². The lowest BCUT2D eigenvalue weighted by Crippen LogP contribution is -2.12. The Kier molecular flexibility index (Phi) is 4.24. The molecular formula is C15H12ClN3O. The molecule has 4 nitrogen and oxygen atoms in total. The van der Waals surface area contributed by atoms with Crippen LogP contribution >= 0.6 is 11.6 Å². The highest BCUT2D eigenvalue weighted by atomic mass is 35.5. The molecule has 0 heterocycles. The van der Waals surface area contributed by atoms with Crippen LogP contribution < -0.4 is 11.1 Å². The average Bonchev–Trinajstić information content (AvgIpc) is 2.40. The van der Waals surface area contributed by atoms with Crippen LogP contribution in [-0.4, -0.2) is 5.91 Å². The van der Waals surface area contributed by atoms with Gasteiger partial charge in [0.1, 0.15) is 0 Å². The number of nitrogens with one attached hydrogen (secondary N) is 1. The first-order valence-corrected chi connectivity index (χ1v) is 6.29. The molecule has 2 aromatic rings. The SMILES string of the molecule is N#CCc1ccc(NC(=O)c2cc(N)cc(Cl)c2)cc1. The van der Waals surface area contributed by atoms with Crippen LogP contribution in [0.15, 0.2) is 42.5 Å². The summed E-state index contributed by atoms with van der Waals surface area (Å²) in [5.41, 5.74) is 8.03. The first-order valence-electron chi connectivity index (χ1n) is 5.92. The largest absolute Gasteiger partial charge is 0.399 e. The van der Waals surface area contributed by atoms with Gasteiger partial charge in [0.15, 0.2) is 0 Å². The number of nitrogens with two attached hydrogens (primary N) is 1. The molecule has 100 valence electrons. The molecule has 0 radical (unpaired) electrons. The molecule has 0 atom stereocenters. The summed E-state index contributed by atoms with van der Waals surface area (Å²) in [6.07, 6.45) is 0.346. The third kappa shape index (κ3) is 3.50. The molecule has 0 aliphatic heterocycles. The molecule has 0 saturated carbocycles. The van der Waals surface area contributed by atoms with Crippen LogP contribution in [0, 0.1) is 11.3 Å². The zero-order chi connectivity index (χ0) is 14.5. The second-order valence-corrected chi connectivity index (χ2v) is 4.70. The van der Waals surface area contributed by atoms with Crippen molar-refractivity contribution in [3.05, 3.63) is 58.6 Å². The zero-order valence-corrected chi connectivity index (χ0v) is 11.3. The van der Waals surface area contributed by atoms with Gasteiger partial charge in [-0.15, -0.1) is 0 Å². The standard InChI is InChI=1S/C15H12ClN3O/c16-12-7-11(8-13(18)9-12)15(20)19-14-3-1-10(2-4-14)5-6-17/h1-4,7-9H,5,18H2,(H,19,20). The Bertz CT molecular complexity index is 654. The maximum Gasteiger partial charge on any atom is 0.255 e. The lowest BCUT2D eigenvalue weighted by Gasteiger charge is -2.07. The lowest BCUT2D eigenvalue weighted by atomic mass is 10.1. The van der Waals surface area contributed by atoms with Crippen LogP contribution in [0.1, 0.15) is 15.9 Å². The molecule has 20 heavy (non-hydrogen) atoms. The number of nitrogen functional groups attached to an aromatic ring is 1. The monoisotopic (exact) mass is 285 g/mol. The maximum absolute atomic E-state index is 12.1. The molecule has 2 aromatic carbocycles. The molecule has 1 amide bonds. The molecule has 0 spiro atoms. The third-order valence-electron chi connectivity index (χ3n) is 2.68. The molecule has 5 heteroatoms. The van der Waals surface area contributed by atoms with E-state index in [9.17, 15) is 4.79 Å². The van der Waals surface area contributed by atoms with Crippen molar-refractivity contribution in [2.75, 3.05) is 11.1 Å². The van der Waals surface area contributed by atoms with Crippen LogP contribution in [0.4, 0.5) is 11.4 Å². The number of anilines is 2. The number of carbonyl (C=O) groups is 1. The molecule has 2 rings (SSSR count). The molecule has 0 unspecified atom stereocenters. The molecule has 0 saturated heterocycles. The van der Waals surface area contributed by atoms with Gasteiger partial charge in [-0.3, -0.25) is 4.79 Å². The summed E-state index contributed by atoms with van der Waals surface area (Å²) in [5.74, 6) is -0.285. The average molecular weight is 286 g/mol. The van der Waals surface area contributed by atoms with Crippen LogP contribution in [0.5, 0.6) is 0 Å². The fourth-order valence-electron chi connectivity index (χ4n) is 1.74. The third-order valence-corrected chi connectivity index (χ3v) is 2.90. The summed E-state index contributed by atoms with van der Waals surface area (Å²) in [6.45, 7) is 0. The zero-order valence-electron chi connectivity index (χ0n) is 10.6. The summed E-state index contributed by atoms with van der Waals surface area (Å²) in [7, 11) is 0. The Balaban J connectivity index is 2.13. The number of amides is 1. The number of nitrogens with zero attached hydrogens (tertiary/aromatic N) is 1. The Hall–Kier alpha value is -2.51. The van der Waals surface area contributed by atoms with Crippen molar-refractivity contribution in [2.45, 2.75) is 6.42 Å². The van der Waals surface area contributed by atoms with Gasteiger partial charge in [-0.2, -0.15) is 5.26 Å². The molecule has 0 bridgehead atoms. The van der Waals surface area contributed by atoms with E-state index >= 15 is 0 Å². The second-order valence-electron chi connectivity index (χ2n) is 4.26. The number of rotatable bonds is 3. The van der Waals surface area contributed by atoms with E-state index < -0.39 is 0 Å². The van der Waals surface area contributed by atoms with E-state index in [1.165, 1.54) is 0 Å². The highest BCUT2D eigenvalue weighted by molar-refractivity contribution is 6.31. The second kappa shape index (κ2) is 6.09. The normalized spacial score (nSPS) is 9.80. The minimum Gasteiger partial charge on any atom is -0.399 e. The maximum atomic E-state index is 12.1. The van der Waals surface area contributed by atoms with Crippen molar-refractivity contribution >= 4 is 28.9 Å². The van der Waals surface area contributed by atoms with E-state index in [2.05, 4.69) is 11.4 Å². The fourth-order valence-corrected chi connectivity index (χ4v) is 1.99. The number of benzene rings is 2. The quantitative estimate of drug-likeness (QED) is 0.850. The number of hydrogen-bond donors (Lipinski definition) is 2. The predicted molar refractivity (Wildman–Crippen MR) is 79.6 cm³/mol. The van der Waals surface area contributed by atoms with Gasteiger partial charge < -0.3 is 11.1 Å². The van der Waals surface area contributed by atoms with Gasteiger partial charge in [0.25, 0.3) is 5.91 Å². The summed E-state index contributed by atoms with van der Waals surface area (Å²) >= 11 is 5.86. The van der Waals surface area contributed by atoms with Gasteiger partial charge in [0.2, 0.25) is 0 Å². The van der Waals surface area contributed by atoms with Crippen LogP contribution in [0.3, 0.4) is 0 Å². The van der Waals surface area contributed by atoms with E-state index in [4.69, 9.17) is 22.6 Å². The van der Waals surface area contributed by atoms with Crippen molar-refractivity contribution in [1.82, 2.24) is 0 Å². The molecule has 0 fully saturated rings. The molecule has 0 aliphatic carbocycles. The minimum atomic E-state index is -0.285. The highest BCUT2D eigenvalue weighted by Crippen LogP contribution is 2.18. The lowest BCUT2D eigenvalue weighted by molar-refractivity contribution is 0.102. The van der Waals surface area contributed by atoms with Crippen molar-refractivity contribution in [3.8, 4) is 6.07 Å². The molecular weight excluding hydrogens is 274 g/mol. The van der Waals surface area contributed by atoms with E-state index in [-0.39, 0.29) is 5.91 Å². The van der Waals surface area contributed by atoms with E-state index in [1.807, 2.05) is 0 Å². The van der Waals surface area contributed by atoms with Gasteiger partial charge in [-0.1, -0.05) is 23.7 Å². The first kappa shape index (κ1) is 13.9. The minimum absolute atomic E-state index is 0.285. The number of hydrogen-bond acceptors (Lipinski definition) is 3. The Morgan fingerprint density at radius 1 is 1.25 bits per heavy atom. The molecule has 0 aliphatic rings. The van der Waals surface area contributed by atoms with E-state index in [1.54, 1.807) is 42.5 Å². The predicted octanol–water partition coefficient (Wildman–Crippen LogP) is 3.24. The van der Waals surface area contributed by atoms with Gasteiger partial charge in [0, 0.05) is 22.0 Å². The van der Waals surface area contributed by atoms with Gasteiger partial charge in [-0.05, 0) is 35.9 Å². The van der Waals surface area contributed by atoms with Gasteiger partial charge in [0.05, 0.1) is 12.5 Å². The summed E-state index contributed by atoms with van der Waals surface area (Å²) in [5, 5.41) is 11.8. The van der Waals surface area contributed by atoms with Crippen LogP contribution in [0.25, 0.3) is 0 Å². The number of nitriles is 1. The number of halogens is 1. The Labute approximate surface area is 121 Å². The summed E-state index contributed by atoms with van der Waals surface area (Å²) in [4.78, 5) is 12.1. The van der Waals surface area contributed by atoms with Crippen LogP contribution in [0.2, 0.25) is 5.02 Å². The first-order chi connectivity index (χ1) is 9.58. The Morgan fingerprint density at radius 3 is 2.55 bits per heavy atom. The van der Waals surface area contributed by atoms with Crippen molar-refractivity contribution < 1.29 is 4.79 Å². The number of carbonyl (C=O) groups excluding carboxylic acids is 1. The van der Waals surface area contributed by atoms with Crippen molar-refractivity contribution in [3.63, 3.8) is 0 Å². The van der Waals surface area contributed by atoms with E-state index in [0.29, 0.717) is 28.4 Å². The van der Waals surface area contributed by atoms with Crippen molar-refractivity contribution in [2.24, 2.45) is 0 Å². The fraction of sp³-hybridized carbons (Fsp3) is 0.0667.